The van der Waals surface area contributed by atoms with Gasteiger partial charge >= 0.3 is 0 Å². The molecule has 0 aliphatic carbocycles. The third-order valence-electron chi connectivity index (χ3n) is 5.26. The van der Waals surface area contributed by atoms with Gasteiger partial charge in [0.2, 0.25) is 5.91 Å². The zero-order valence-electron chi connectivity index (χ0n) is 18.9. The van der Waals surface area contributed by atoms with E-state index in [0.29, 0.717) is 18.7 Å². The molecule has 0 saturated carbocycles. The molecule has 0 spiro atoms. The van der Waals surface area contributed by atoms with E-state index < -0.39 is 0 Å². The summed E-state index contributed by atoms with van der Waals surface area (Å²) in [6.45, 7) is 11.6. The molecule has 31 heavy (non-hydrogen) atoms. The Labute approximate surface area is 185 Å². The Balaban J connectivity index is 1.56. The lowest BCUT2D eigenvalue weighted by molar-refractivity contribution is -0.117. The highest BCUT2D eigenvalue weighted by Crippen LogP contribution is 2.19. The first-order valence-electron chi connectivity index (χ1n) is 11.0. The number of para-hydroxylation sites is 2. The molecule has 2 aromatic carbocycles. The predicted octanol–water partition coefficient (Wildman–Crippen LogP) is 5.14. The first-order valence-corrected chi connectivity index (χ1v) is 11.0. The Morgan fingerprint density at radius 3 is 2.58 bits per heavy atom. The van der Waals surface area contributed by atoms with Gasteiger partial charge in [-0.05, 0) is 69.0 Å². The van der Waals surface area contributed by atoms with E-state index in [-0.39, 0.29) is 5.91 Å². The topological polar surface area (TPSA) is 56.2 Å². The first-order chi connectivity index (χ1) is 14.9. The largest absolute Gasteiger partial charge is 0.492 e. The van der Waals surface area contributed by atoms with E-state index in [1.54, 1.807) is 6.92 Å². The average molecular weight is 420 g/mol. The van der Waals surface area contributed by atoms with Crippen LogP contribution in [0, 0.1) is 13.8 Å². The Hall–Kier alpha value is -3.08. The monoisotopic (exact) mass is 419 g/mol. The molecule has 0 aliphatic rings. The minimum absolute atomic E-state index is 0.0643. The molecule has 164 valence electrons. The SMILES string of the molecule is C=C(C)C(=O)NCCCCCc1nc2ccccc2n1CCOc1cc(C)cc(C)c1. The second kappa shape index (κ2) is 10.8. The van der Waals surface area contributed by atoms with Crippen molar-refractivity contribution in [1.29, 1.82) is 0 Å². The number of aryl methyl sites for hydroxylation is 3. The standard InChI is InChI=1S/C26H33N3O2/c1-19(2)26(30)27-13-9-5-6-12-25-28-23-10-7-8-11-24(23)29(25)14-15-31-22-17-20(3)16-21(4)18-22/h7-8,10-11,16-18H,1,5-6,9,12-15H2,2-4H3,(H,27,30). The van der Waals surface area contributed by atoms with Crippen LogP contribution in [0.25, 0.3) is 11.0 Å². The van der Waals surface area contributed by atoms with Crippen LogP contribution in [-0.4, -0.2) is 28.6 Å². The van der Waals surface area contributed by atoms with Gasteiger partial charge in [0.25, 0.3) is 0 Å². The second-order valence-electron chi connectivity index (χ2n) is 8.19. The lowest BCUT2D eigenvalue weighted by Crippen LogP contribution is -2.24. The summed E-state index contributed by atoms with van der Waals surface area (Å²) in [6.07, 6.45) is 3.94. The zero-order valence-corrected chi connectivity index (χ0v) is 18.9. The Bertz CT molecular complexity index is 1030. The molecule has 1 aromatic heterocycles. The van der Waals surface area contributed by atoms with Crippen molar-refractivity contribution in [3.63, 3.8) is 0 Å². The van der Waals surface area contributed by atoms with Crippen molar-refractivity contribution in [2.24, 2.45) is 0 Å². The summed E-state index contributed by atoms with van der Waals surface area (Å²) < 4.78 is 8.33. The fourth-order valence-corrected chi connectivity index (χ4v) is 3.77. The normalized spacial score (nSPS) is 10.9. The average Bonchev–Trinajstić information content (AvgIpc) is 3.07. The summed E-state index contributed by atoms with van der Waals surface area (Å²) in [5.74, 6) is 1.95. The summed E-state index contributed by atoms with van der Waals surface area (Å²) in [5, 5.41) is 2.89. The van der Waals surface area contributed by atoms with E-state index in [1.807, 2.05) is 6.07 Å². The number of benzene rings is 2. The number of nitrogens with zero attached hydrogens (tertiary/aromatic N) is 2. The lowest BCUT2D eigenvalue weighted by atomic mass is 10.1. The Kier molecular flexibility index (Phi) is 7.88. The number of hydrogen-bond donors (Lipinski definition) is 1. The molecule has 0 radical (unpaired) electrons. The minimum atomic E-state index is -0.0643. The number of carbonyl (C=O) groups is 1. The molecule has 0 saturated heterocycles. The minimum Gasteiger partial charge on any atom is -0.492 e. The van der Waals surface area contributed by atoms with Crippen LogP contribution in [0.4, 0.5) is 0 Å². The number of carbonyl (C=O) groups excluding carboxylic acids is 1. The molecule has 1 amide bonds. The van der Waals surface area contributed by atoms with Crippen LogP contribution < -0.4 is 10.1 Å². The van der Waals surface area contributed by atoms with Gasteiger partial charge in [-0.1, -0.05) is 31.2 Å². The molecule has 0 unspecified atom stereocenters. The lowest BCUT2D eigenvalue weighted by Gasteiger charge is -2.12. The van der Waals surface area contributed by atoms with Crippen LogP contribution in [0.1, 0.15) is 43.1 Å². The third-order valence-corrected chi connectivity index (χ3v) is 5.26. The number of amides is 1. The molecule has 5 nitrogen and oxygen atoms in total. The van der Waals surface area contributed by atoms with Gasteiger partial charge in [-0.25, -0.2) is 4.98 Å². The van der Waals surface area contributed by atoms with Gasteiger partial charge in [-0.3, -0.25) is 4.79 Å². The number of hydrogen-bond acceptors (Lipinski definition) is 3. The van der Waals surface area contributed by atoms with Crippen molar-refractivity contribution in [3.8, 4) is 5.75 Å². The first kappa shape index (κ1) is 22.6. The summed E-state index contributed by atoms with van der Waals surface area (Å²) >= 11 is 0. The fraction of sp³-hybridized carbons (Fsp3) is 0.385. The van der Waals surface area contributed by atoms with E-state index >= 15 is 0 Å². The fourth-order valence-electron chi connectivity index (χ4n) is 3.77. The summed E-state index contributed by atoms with van der Waals surface area (Å²) in [5.41, 5.74) is 5.15. The maximum absolute atomic E-state index is 11.5. The van der Waals surface area contributed by atoms with Crippen LogP contribution >= 0.6 is 0 Å². The number of aromatic nitrogens is 2. The number of fused-ring (bicyclic) bond motifs is 1. The zero-order chi connectivity index (χ0) is 22.2. The Morgan fingerprint density at radius 2 is 1.84 bits per heavy atom. The van der Waals surface area contributed by atoms with E-state index in [1.165, 1.54) is 11.1 Å². The van der Waals surface area contributed by atoms with Gasteiger partial charge < -0.3 is 14.6 Å². The molecule has 1 N–H and O–H groups in total. The highest BCUT2D eigenvalue weighted by molar-refractivity contribution is 5.92. The van der Waals surface area contributed by atoms with E-state index in [2.05, 4.69) is 66.7 Å². The molecular weight excluding hydrogens is 386 g/mol. The molecule has 3 aromatic rings. The highest BCUT2D eigenvalue weighted by Gasteiger charge is 2.10. The third kappa shape index (κ3) is 6.45. The van der Waals surface area contributed by atoms with Crippen molar-refractivity contribution >= 4 is 16.9 Å². The number of rotatable bonds is 11. The molecule has 0 aliphatic heterocycles. The number of unbranched alkanes of at least 4 members (excludes halogenated alkanes) is 2. The molecule has 5 heteroatoms. The second-order valence-corrected chi connectivity index (χ2v) is 8.19. The summed E-state index contributed by atoms with van der Waals surface area (Å²) in [4.78, 5) is 16.4. The maximum Gasteiger partial charge on any atom is 0.246 e. The number of imidazole rings is 1. The van der Waals surface area contributed by atoms with Crippen molar-refractivity contribution in [2.75, 3.05) is 13.2 Å². The number of nitrogens with one attached hydrogen (secondary N) is 1. The van der Waals surface area contributed by atoms with Crippen molar-refractivity contribution in [2.45, 2.75) is 53.0 Å². The highest BCUT2D eigenvalue weighted by atomic mass is 16.5. The van der Waals surface area contributed by atoms with Gasteiger partial charge in [0.1, 0.15) is 18.2 Å². The smallest absolute Gasteiger partial charge is 0.246 e. The molecular formula is C26H33N3O2. The van der Waals surface area contributed by atoms with Crippen molar-refractivity contribution < 1.29 is 9.53 Å². The van der Waals surface area contributed by atoms with Crippen LogP contribution in [0.15, 0.2) is 54.6 Å². The van der Waals surface area contributed by atoms with Crippen LogP contribution in [0.3, 0.4) is 0 Å². The maximum atomic E-state index is 11.5. The van der Waals surface area contributed by atoms with E-state index in [0.717, 1.165) is 54.8 Å². The van der Waals surface area contributed by atoms with E-state index in [4.69, 9.17) is 9.72 Å². The van der Waals surface area contributed by atoms with Crippen molar-refractivity contribution in [3.05, 3.63) is 71.6 Å². The predicted molar refractivity (Wildman–Crippen MR) is 127 cm³/mol. The summed E-state index contributed by atoms with van der Waals surface area (Å²) in [7, 11) is 0. The van der Waals surface area contributed by atoms with E-state index in [9.17, 15) is 4.79 Å². The van der Waals surface area contributed by atoms with Crippen LogP contribution in [0.5, 0.6) is 5.75 Å². The summed E-state index contributed by atoms with van der Waals surface area (Å²) in [6, 6.07) is 14.6. The molecule has 0 fully saturated rings. The van der Waals surface area contributed by atoms with Crippen LogP contribution in [-0.2, 0) is 17.8 Å². The van der Waals surface area contributed by atoms with Gasteiger partial charge in [0.05, 0.1) is 17.6 Å². The molecule has 0 bridgehead atoms. The van der Waals surface area contributed by atoms with Crippen molar-refractivity contribution in [1.82, 2.24) is 14.9 Å². The number of ether oxygens (including phenoxy) is 1. The van der Waals surface area contributed by atoms with Gasteiger partial charge in [-0.15, -0.1) is 0 Å². The van der Waals surface area contributed by atoms with Crippen LogP contribution in [0.2, 0.25) is 0 Å². The molecule has 0 atom stereocenters. The van der Waals surface area contributed by atoms with Gasteiger partial charge in [0.15, 0.2) is 0 Å². The van der Waals surface area contributed by atoms with Gasteiger partial charge in [0, 0.05) is 18.5 Å². The van der Waals surface area contributed by atoms with Gasteiger partial charge in [-0.2, -0.15) is 0 Å². The quantitative estimate of drug-likeness (QED) is 0.346. The Morgan fingerprint density at radius 1 is 1.10 bits per heavy atom. The molecule has 1 heterocycles. The molecule has 3 rings (SSSR count).